The van der Waals surface area contributed by atoms with Gasteiger partial charge in [-0.25, -0.2) is 4.79 Å². The Kier molecular flexibility index (Phi) is 7.15. The van der Waals surface area contributed by atoms with Gasteiger partial charge in [0.15, 0.2) is 11.5 Å². The first-order valence-electron chi connectivity index (χ1n) is 11.1. The van der Waals surface area contributed by atoms with Crippen molar-refractivity contribution >= 4 is 23.4 Å². The summed E-state index contributed by atoms with van der Waals surface area (Å²) in [5.74, 6) is 2.14. The quantitative estimate of drug-likeness (QED) is 0.230. The van der Waals surface area contributed by atoms with Gasteiger partial charge in [-0.3, -0.25) is 0 Å². The molecule has 0 radical (unpaired) electrons. The van der Waals surface area contributed by atoms with Crippen LogP contribution in [0.15, 0.2) is 78.6 Å². The van der Waals surface area contributed by atoms with Crippen LogP contribution in [0, 0.1) is 0 Å². The molecule has 33 heavy (non-hydrogen) atoms. The number of nitrogens with zero attached hydrogens (tertiary/aromatic N) is 1. The van der Waals surface area contributed by atoms with Crippen LogP contribution >= 0.6 is 0 Å². The molecule has 0 aliphatic carbocycles. The molecule has 0 fully saturated rings. The van der Waals surface area contributed by atoms with Crippen molar-refractivity contribution in [1.29, 1.82) is 0 Å². The Morgan fingerprint density at radius 3 is 2.06 bits per heavy atom. The second-order valence-corrected chi connectivity index (χ2v) is 7.27. The second-order valence-electron chi connectivity index (χ2n) is 7.27. The summed E-state index contributed by atoms with van der Waals surface area (Å²) >= 11 is 0. The van der Waals surface area contributed by atoms with E-state index in [9.17, 15) is 4.79 Å². The van der Waals surface area contributed by atoms with Crippen molar-refractivity contribution in [2.24, 2.45) is 0 Å². The number of fused-ring (bicyclic) bond motifs is 2. The zero-order valence-corrected chi connectivity index (χ0v) is 18.8. The first-order valence-corrected chi connectivity index (χ1v) is 11.1. The average Bonchev–Trinajstić information content (AvgIpc) is 2.84. The molecule has 3 aromatic rings. The molecular formula is C27H27NO5. The van der Waals surface area contributed by atoms with Gasteiger partial charge in [0.1, 0.15) is 12.4 Å². The maximum Gasteiger partial charge on any atom is 0.373 e. The Labute approximate surface area is 194 Å². The van der Waals surface area contributed by atoms with Crippen molar-refractivity contribution in [3.63, 3.8) is 0 Å². The Morgan fingerprint density at radius 1 is 0.848 bits per heavy atom. The smallest absolute Gasteiger partial charge is 0.373 e. The summed E-state index contributed by atoms with van der Waals surface area (Å²) in [6.45, 7) is 5.44. The lowest BCUT2D eigenvalue weighted by Gasteiger charge is -2.32. The van der Waals surface area contributed by atoms with Crippen LogP contribution in [0.3, 0.4) is 0 Å². The molecule has 0 spiro atoms. The van der Waals surface area contributed by atoms with Crippen LogP contribution in [0.5, 0.6) is 17.2 Å². The Balaban J connectivity index is 1.42. The van der Waals surface area contributed by atoms with E-state index < -0.39 is 5.97 Å². The van der Waals surface area contributed by atoms with Gasteiger partial charge in [-0.1, -0.05) is 36.4 Å². The van der Waals surface area contributed by atoms with Gasteiger partial charge in [0.2, 0.25) is 5.76 Å². The predicted molar refractivity (Wildman–Crippen MR) is 128 cm³/mol. The first kappa shape index (κ1) is 22.3. The molecule has 3 aromatic carbocycles. The molecule has 1 aliphatic heterocycles. The largest absolute Gasteiger partial charge is 0.492 e. The number of carbonyl (C=O) groups is 1. The average molecular weight is 446 g/mol. The van der Waals surface area contributed by atoms with Crippen molar-refractivity contribution < 1.29 is 23.7 Å². The number of hydrogen-bond acceptors (Lipinski definition) is 6. The molecule has 0 saturated heterocycles. The highest BCUT2D eigenvalue weighted by Gasteiger charge is 2.23. The van der Waals surface area contributed by atoms with Crippen LogP contribution in [0.1, 0.15) is 19.4 Å². The third kappa shape index (κ3) is 5.29. The maximum atomic E-state index is 12.0. The third-order valence-corrected chi connectivity index (χ3v) is 5.07. The van der Waals surface area contributed by atoms with Crippen LogP contribution in [-0.2, 0) is 14.3 Å². The minimum atomic E-state index is -0.467. The Hall–Kier alpha value is -3.93. The minimum Gasteiger partial charge on any atom is -0.492 e. The summed E-state index contributed by atoms with van der Waals surface area (Å²) in [5, 5.41) is 0. The monoisotopic (exact) mass is 445 g/mol. The van der Waals surface area contributed by atoms with E-state index in [4.69, 9.17) is 18.9 Å². The van der Waals surface area contributed by atoms with Gasteiger partial charge in [-0.15, -0.1) is 0 Å². The fourth-order valence-corrected chi connectivity index (χ4v) is 3.61. The molecule has 0 unspecified atom stereocenters. The molecule has 0 atom stereocenters. The minimum absolute atomic E-state index is 0.192. The first-order chi connectivity index (χ1) is 16.2. The predicted octanol–water partition coefficient (Wildman–Crippen LogP) is 5.95. The molecule has 0 amide bonds. The second kappa shape index (κ2) is 10.6. The number of rotatable bonds is 9. The lowest BCUT2D eigenvalue weighted by molar-refractivity contribution is -0.142. The van der Waals surface area contributed by atoms with E-state index in [0.29, 0.717) is 26.4 Å². The number of ether oxygens (including phenoxy) is 4. The van der Waals surface area contributed by atoms with E-state index in [1.165, 1.54) is 0 Å². The van der Waals surface area contributed by atoms with Crippen molar-refractivity contribution in [3.05, 3.63) is 84.1 Å². The van der Waals surface area contributed by atoms with Crippen molar-refractivity contribution in [1.82, 2.24) is 0 Å². The summed E-state index contributed by atoms with van der Waals surface area (Å²) in [6.07, 6.45) is 1.67. The molecule has 0 bridgehead atoms. The summed E-state index contributed by atoms with van der Waals surface area (Å²) in [7, 11) is 0. The fraction of sp³-hybridized carbons (Fsp3) is 0.222. The molecule has 1 heterocycles. The highest BCUT2D eigenvalue weighted by molar-refractivity contribution is 5.91. The van der Waals surface area contributed by atoms with Gasteiger partial charge in [0, 0.05) is 0 Å². The zero-order valence-electron chi connectivity index (χ0n) is 18.8. The van der Waals surface area contributed by atoms with Crippen molar-refractivity contribution in [2.45, 2.75) is 13.8 Å². The zero-order chi connectivity index (χ0) is 23.0. The summed E-state index contributed by atoms with van der Waals surface area (Å²) in [5.41, 5.74) is 2.86. The van der Waals surface area contributed by atoms with Gasteiger partial charge in [0.05, 0.1) is 31.1 Å². The Bertz CT molecular complexity index is 1080. The lowest BCUT2D eigenvalue weighted by Crippen LogP contribution is -2.26. The van der Waals surface area contributed by atoms with Gasteiger partial charge >= 0.3 is 5.97 Å². The van der Waals surface area contributed by atoms with E-state index in [-0.39, 0.29) is 5.76 Å². The molecule has 0 N–H and O–H groups in total. The fourth-order valence-electron chi connectivity index (χ4n) is 3.61. The molecule has 1 aliphatic rings. The molecule has 4 rings (SSSR count). The highest BCUT2D eigenvalue weighted by atomic mass is 16.6. The molecule has 0 aromatic heterocycles. The standard InChI is InChI=1S/C27H27NO5/c1-3-30-26(27(29)31-4-2)19-20-13-15-21(16-14-20)32-18-17-28-22-9-5-7-11-24(22)33-25-12-8-6-10-23(25)28/h5-16,19H,3-4,17-18H2,1-2H3/b26-19-. The number of hydrogen-bond donors (Lipinski definition) is 0. The summed E-state index contributed by atoms with van der Waals surface area (Å²) in [4.78, 5) is 14.2. The van der Waals surface area contributed by atoms with Crippen LogP contribution < -0.4 is 14.4 Å². The number of esters is 1. The van der Waals surface area contributed by atoms with E-state index in [2.05, 4.69) is 4.90 Å². The van der Waals surface area contributed by atoms with Crippen LogP contribution in [0.2, 0.25) is 0 Å². The van der Waals surface area contributed by atoms with Crippen LogP contribution in [0.4, 0.5) is 11.4 Å². The molecular weight excluding hydrogens is 418 g/mol. The SMILES string of the molecule is CCOC(=O)/C(=C/c1ccc(OCCN2c3ccccc3Oc3ccccc32)cc1)OCC. The van der Waals surface area contributed by atoms with E-state index in [1.54, 1.807) is 13.0 Å². The Morgan fingerprint density at radius 2 is 1.45 bits per heavy atom. The van der Waals surface area contributed by atoms with Crippen molar-refractivity contribution in [3.8, 4) is 17.2 Å². The van der Waals surface area contributed by atoms with E-state index in [0.717, 1.165) is 34.2 Å². The van der Waals surface area contributed by atoms with E-state index in [1.807, 2.05) is 79.7 Å². The summed E-state index contributed by atoms with van der Waals surface area (Å²) in [6, 6.07) is 23.5. The topological polar surface area (TPSA) is 57.2 Å². The van der Waals surface area contributed by atoms with Gasteiger partial charge in [-0.2, -0.15) is 0 Å². The molecule has 6 nitrogen and oxygen atoms in total. The molecule has 170 valence electrons. The van der Waals surface area contributed by atoms with Crippen LogP contribution in [0.25, 0.3) is 6.08 Å². The normalized spacial score (nSPS) is 12.3. The van der Waals surface area contributed by atoms with E-state index >= 15 is 0 Å². The van der Waals surface area contributed by atoms with Crippen LogP contribution in [-0.4, -0.2) is 32.3 Å². The molecule has 6 heteroatoms. The van der Waals surface area contributed by atoms with Crippen molar-refractivity contribution in [2.75, 3.05) is 31.3 Å². The van der Waals surface area contributed by atoms with Gasteiger partial charge < -0.3 is 23.8 Å². The molecule has 0 saturated carbocycles. The number of carbonyl (C=O) groups excluding carboxylic acids is 1. The third-order valence-electron chi connectivity index (χ3n) is 5.07. The van der Waals surface area contributed by atoms with Gasteiger partial charge in [-0.05, 0) is 61.9 Å². The summed E-state index contributed by atoms with van der Waals surface area (Å²) < 4.78 is 22.5. The highest BCUT2D eigenvalue weighted by Crippen LogP contribution is 2.45. The number of benzene rings is 3. The maximum absolute atomic E-state index is 12.0. The van der Waals surface area contributed by atoms with Gasteiger partial charge in [0.25, 0.3) is 0 Å². The number of anilines is 2. The number of para-hydroxylation sites is 4. The lowest BCUT2D eigenvalue weighted by atomic mass is 10.1.